The van der Waals surface area contributed by atoms with Crippen molar-refractivity contribution < 1.29 is 76.7 Å². The van der Waals surface area contributed by atoms with Crippen molar-refractivity contribution in [3.63, 3.8) is 0 Å². The molecule has 2 rings (SSSR count). The molecule has 0 aliphatic carbocycles. The molecule has 1 N–H and O–H groups in total. The smallest absolute Gasteiger partial charge is 1.00 e. The molecular formula is C14H13BF6N4NaO4. The van der Waals surface area contributed by atoms with Gasteiger partial charge >= 0.3 is 41.9 Å². The molecule has 2 aromatic heterocycles. The van der Waals surface area contributed by atoms with Crippen LogP contribution in [0.1, 0.15) is 28.7 Å². The van der Waals surface area contributed by atoms with Gasteiger partial charge in [-0.1, -0.05) is 0 Å². The second-order valence-corrected chi connectivity index (χ2v) is 4.63. The van der Waals surface area contributed by atoms with Crippen LogP contribution in [0.25, 0.3) is 0 Å². The van der Waals surface area contributed by atoms with E-state index < -0.39 is 41.5 Å². The number of aliphatic hydroxyl groups excluding tert-OH is 1. The van der Waals surface area contributed by atoms with E-state index in [-0.39, 0.29) is 57.4 Å². The number of ether oxygens (including phenoxy) is 2. The molecule has 0 saturated carbocycles. The van der Waals surface area contributed by atoms with Crippen molar-refractivity contribution in [3.05, 3.63) is 35.2 Å². The maximum absolute atomic E-state index is 12.3. The Labute approximate surface area is 191 Å². The summed E-state index contributed by atoms with van der Waals surface area (Å²) in [4.78, 5) is 23.3. The largest absolute Gasteiger partial charge is 1.00 e. The molecular weight excluding hydrogens is 436 g/mol. The van der Waals surface area contributed by atoms with Crippen LogP contribution < -0.4 is 39.0 Å². The normalized spacial score (nSPS) is 10.6. The molecule has 0 atom stereocenters. The predicted octanol–water partition coefficient (Wildman–Crippen LogP) is -0.952. The Morgan fingerprint density at radius 2 is 1.37 bits per heavy atom. The van der Waals surface area contributed by atoms with Gasteiger partial charge in [-0.25, -0.2) is 19.9 Å². The molecule has 0 spiro atoms. The summed E-state index contributed by atoms with van der Waals surface area (Å²) in [7, 11) is 2.29. The summed E-state index contributed by atoms with van der Waals surface area (Å²) in [5.41, 5.74) is -3.61. The number of alkyl halides is 6. The molecule has 16 heteroatoms. The number of aliphatic hydroxyl groups is 1. The number of rotatable bonds is 4. The molecule has 0 fully saturated rings. The maximum atomic E-state index is 12.3. The monoisotopic (exact) mass is 449 g/mol. The molecule has 0 aliphatic rings. The number of aromatic nitrogens is 4. The van der Waals surface area contributed by atoms with Crippen molar-refractivity contribution in [2.75, 3.05) is 14.2 Å². The van der Waals surface area contributed by atoms with Crippen LogP contribution in [0.3, 0.4) is 0 Å². The van der Waals surface area contributed by atoms with Crippen LogP contribution in [0, 0.1) is 0 Å². The fraction of sp³-hybridized carbons (Fsp3) is 0.357. The number of carbonyl (C=O) groups excluding carboxylic acids is 1. The topological polar surface area (TPSA) is 107 Å². The Balaban J connectivity index is -0.000000461. The predicted molar refractivity (Wildman–Crippen MR) is 85.3 cm³/mol. The molecule has 159 valence electrons. The zero-order valence-electron chi connectivity index (χ0n) is 16.7. The van der Waals surface area contributed by atoms with Crippen LogP contribution >= 0.6 is 0 Å². The summed E-state index contributed by atoms with van der Waals surface area (Å²) < 4.78 is 82.7. The summed E-state index contributed by atoms with van der Waals surface area (Å²) in [5.74, 6) is -0.655. The minimum Gasteiger partial charge on any atom is -1.00 e. The number of methoxy groups -OCH3 is 2. The van der Waals surface area contributed by atoms with Gasteiger partial charge in [0.25, 0.3) is 0 Å². The zero-order chi connectivity index (χ0) is 21.5. The van der Waals surface area contributed by atoms with E-state index in [4.69, 9.17) is 5.11 Å². The summed E-state index contributed by atoms with van der Waals surface area (Å²) >= 11 is 0. The van der Waals surface area contributed by atoms with E-state index >= 15 is 0 Å². The Bertz CT molecular complexity index is 832. The molecule has 0 saturated heterocycles. The van der Waals surface area contributed by atoms with Gasteiger partial charge in [0, 0.05) is 8.41 Å². The molecule has 8 nitrogen and oxygen atoms in total. The SMILES string of the molecule is COc1ncnc(C(F)(F)F)c1C=O.COc1ncnc(C(F)(F)F)c1CO.[B].[H-].[Na+]. The van der Waals surface area contributed by atoms with Crippen LogP contribution in [0.5, 0.6) is 11.8 Å². The number of hydrogen-bond acceptors (Lipinski definition) is 8. The summed E-state index contributed by atoms with van der Waals surface area (Å²) in [5, 5.41) is 8.73. The van der Waals surface area contributed by atoms with Gasteiger partial charge in [-0.3, -0.25) is 4.79 Å². The maximum Gasteiger partial charge on any atom is 1.00 e. The van der Waals surface area contributed by atoms with Crippen molar-refractivity contribution in [3.8, 4) is 11.8 Å². The average molecular weight is 449 g/mol. The Hall–Kier alpha value is -1.97. The molecule has 3 radical (unpaired) electrons. The van der Waals surface area contributed by atoms with E-state index in [0.717, 1.165) is 13.4 Å². The third kappa shape index (κ3) is 7.70. The van der Waals surface area contributed by atoms with E-state index in [1.54, 1.807) is 0 Å². The van der Waals surface area contributed by atoms with E-state index in [1.807, 2.05) is 0 Å². The fourth-order valence-electron chi connectivity index (χ4n) is 1.83. The first-order valence-electron chi connectivity index (χ1n) is 6.98. The van der Waals surface area contributed by atoms with Crippen LogP contribution in [0.4, 0.5) is 26.3 Å². The van der Waals surface area contributed by atoms with Gasteiger partial charge in [-0.15, -0.1) is 0 Å². The van der Waals surface area contributed by atoms with Gasteiger partial charge in [0.1, 0.15) is 18.2 Å². The number of hydrogen-bond donors (Lipinski definition) is 1. The first-order valence-corrected chi connectivity index (χ1v) is 6.98. The van der Waals surface area contributed by atoms with E-state index in [0.29, 0.717) is 6.33 Å². The first kappa shape index (κ1) is 30.2. The van der Waals surface area contributed by atoms with Gasteiger partial charge in [0.05, 0.1) is 26.4 Å². The average Bonchev–Trinajstić information content (AvgIpc) is 2.65. The molecule has 0 aliphatic heterocycles. The van der Waals surface area contributed by atoms with Gasteiger partial charge in [0.2, 0.25) is 11.8 Å². The quantitative estimate of drug-likeness (QED) is 0.362. The third-order valence-electron chi connectivity index (χ3n) is 2.95. The van der Waals surface area contributed by atoms with Gasteiger partial charge in [-0.05, 0) is 0 Å². The molecule has 2 aromatic rings. The Kier molecular flexibility index (Phi) is 12.8. The van der Waals surface area contributed by atoms with Crippen LogP contribution in [-0.4, -0.2) is 54.0 Å². The number of carbonyl (C=O) groups is 1. The minimum atomic E-state index is -4.69. The van der Waals surface area contributed by atoms with Crippen molar-refractivity contribution in [2.45, 2.75) is 19.0 Å². The van der Waals surface area contributed by atoms with Crippen LogP contribution in [0.2, 0.25) is 0 Å². The zero-order valence-corrected chi connectivity index (χ0v) is 17.7. The number of aldehydes is 1. The van der Waals surface area contributed by atoms with Crippen molar-refractivity contribution >= 4 is 14.7 Å². The molecule has 2 heterocycles. The van der Waals surface area contributed by atoms with Gasteiger partial charge in [0.15, 0.2) is 17.7 Å². The fourth-order valence-corrected chi connectivity index (χ4v) is 1.83. The molecule has 0 aromatic carbocycles. The van der Waals surface area contributed by atoms with Gasteiger partial charge in [-0.2, -0.15) is 26.3 Å². The summed E-state index contributed by atoms with van der Waals surface area (Å²) in [6.07, 6.45) is -7.86. The van der Waals surface area contributed by atoms with Crippen molar-refractivity contribution in [1.82, 2.24) is 19.9 Å². The summed E-state index contributed by atoms with van der Waals surface area (Å²) in [6.45, 7) is -0.821. The Morgan fingerprint density at radius 1 is 0.933 bits per heavy atom. The van der Waals surface area contributed by atoms with E-state index in [1.165, 1.54) is 7.11 Å². The molecule has 0 bridgehead atoms. The molecule has 0 unspecified atom stereocenters. The first-order chi connectivity index (χ1) is 13.0. The minimum absolute atomic E-state index is 0. The standard InChI is InChI=1S/C7H7F3N2O2.C7H5F3N2O2.B.Na.H/c2*1-14-6-4(2-13)5(7(8,9)10)11-3-12-6;;;/h3,13H,2H2,1H3;2-3H,1H3;;;/q;;;+1;-1. The van der Waals surface area contributed by atoms with Gasteiger partial charge < -0.3 is 16.0 Å². The van der Waals surface area contributed by atoms with Crippen LogP contribution in [-0.2, 0) is 19.0 Å². The second-order valence-electron chi connectivity index (χ2n) is 4.63. The summed E-state index contributed by atoms with van der Waals surface area (Å²) in [6, 6.07) is 0. The van der Waals surface area contributed by atoms with Crippen LogP contribution in [0.15, 0.2) is 12.7 Å². The van der Waals surface area contributed by atoms with Crippen molar-refractivity contribution in [1.29, 1.82) is 0 Å². The Morgan fingerprint density at radius 3 is 1.73 bits per heavy atom. The number of halogens is 6. The molecule has 30 heavy (non-hydrogen) atoms. The third-order valence-corrected chi connectivity index (χ3v) is 2.95. The number of nitrogens with zero attached hydrogens (tertiary/aromatic N) is 4. The molecule has 0 amide bonds. The second kappa shape index (κ2) is 12.7. The van der Waals surface area contributed by atoms with Crippen molar-refractivity contribution in [2.24, 2.45) is 0 Å². The van der Waals surface area contributed by atoms with E-state index in [9.17, 15) is 31.1 Å². The van der Waals surface area contributed by atoms with E-state index in [2.05, 4.69) is 29.4 Å².